The molecule has 1 saturated carbocycles. The third-order valence-corrected chi connectivity index (χ3v) is 4.88. The summed E-state index contributed by atoms with van der Waals surface area (Å²) in [5.74, 6) is 0.505. The van der Waals surface area contributed by atoms with E-state index >= 15 is 0 Å². The molecule has 102 valence electrons. The van der Waals surface area contributed by atoms with Crippen LogP contribution in [0.15, 0.2) is 6.20 Å². The Morgan fingerprint density at radius 1 is 1.50 bits per heavy atom. The van der Waals surface area contributed by atoms with Crippen LogP contribution in [0.1, 0.15) is 50.3 Å². The van der Waals surface area contributed by atoms with Crippen molar-refractivity contribution in [2.75, 3.05) is 6.26 Å². The van der Waals surface area contributed by atoms with Crippen LogP contribution in [0.2, 0.25) is 0 Å². The summed E-state index contributed by atoms with van der Waals surface area (Å²) in [4.78, 5) is 0. The van der Waals surface area contributed by atoms with Gasteiger partial charge in [-0.3, -0.25) is 4.68 Å². The molecule has 18 heavy (non-hydrogen) atoms. The fraction of sp³-hybridized carbons (Fsp3) is 0.786. The topological polar surface area (TPSA) is 29.9 Å². The van der Waals surface area contributed by atoms with E-state index in [2.05, 4.69) is 36.7 Å². The zero-order valence-electron chi connectivity index (χ0n) is 11.9. The molecule has 1 aliphatic rings. The maximum atomic E-state index is 4.56. The van der Waals surface area contributed by atoms with E-state index in [1.54, 1.807) is 0 Å². The van der Waals surface area contributed by atoms with Gasteiger partial charge in [0.15, 0.2) is 0 Å². The summed E-state index contributed by atoms with van der Waals surface area (Å²) >= 11 is 2.01. The lowest BCUT2D eigenvalue weighted by Gasteiger charge is -2.13. The molecular weight excluding hydrogens is 242 g/mol. The predicted octanol–water partition coefficient (Wildman–Crippen LogP) is 2.92. The first-order valence-corrected chi connectivity index (χ1v) is 8.17. The molecule has 4 heteroatoms. The van der Waals surface area contributed by atoms with Gasteiger partial charge < -0.3 is 5.32 Å². The van der Waals surface area contributed by atoms with Gasteiger partial charge in [0.05, 0.1) is 5.69 Å². The smallest absolute Gasteiger partial charge is 0.0694 e. The van der Waals surface area contributed by atoms with E-state index in [4.69, 9.17) is 0 Å². The van der Waals surface area contributed by atoms with E-state index in [0.29, 0.717) is 12.0 Å². The van der Waals surface area contributed by atoms with Crippen LogP contribution >= 0.6 is 11.8 Å². The number of aryl methyl sites for hydroxylation is 1. The molecule has 0 aromatic carbocycles. The second kappa shape index (κ2) is 6.11. The maximum absolute atomic E-state index is 4.56. The average molecular weight is 267 g/mol. The largest absolute Gasteiger partial charge is 0.310 e. The Morgan fingerprint density at radius 2 is 2.28 bits per heavy atom. The molecule has 2 rings (SSSR count). The fourth-order valence-corrected chi connectivity index (χ4v) is 3.57. The van der Waals surface area contributed by atoms with Gasteiger partial charge in [-0.25, -0.2) is 0 Å². The third kappa shape index (κ3) is 3.29. The van der Waals surface area contributed by atoms with Gasteiger partial charge in [0, 0.05) is 36.6 Å². The lowest BCUT2D eigenvalue weighted by atomic mass is 10.1. The number of aromatic nitrogens is 2. The number of hydrogen-bond donors (Lipinski definition) is 1. The normalized spacial score (nSPS) is 24.1. The first kappa shape index (κ1) is 13.9. The minimum absolute atomic E-state index is 0.505. The molecule has 0 amide bonds. The number of hydrogen-bond acceptors (Lipinski definition) is 3. The van der Waals surface area contributed by atoms with Gasteiger partial charge in [-0.1, -0.05) is 13.8 Å². The Kier molecular flexibility index (Phi) is 4.73. The van der Waals surface area contributed by atoms with Crippen molar-refractivity contribution in [1.29, 1.82) is 0 Å². The van der Waals surface area contributed by atoms with Gasteiger partial charge >= 0.3 is 0 Å². The van der Waals surface area contributed by atoms with E-state index in [-0.39, 0.29) is 0 Å². The third-order valence-electron chi connectivity index (χ3n) is 3.78. The highest BCUT2D eigenvalue weighted by Gasteiger charge is 2.23. The van der Waals surface area contributed by atoms with Gasteiger partial charge in [0.25, 0.3) is 0 Å². The van der Waals surface area contributed by atoms with Gasteiger partial charge in [-0.05, 0) is 31.4 Å². The van der Waals surface area contributed by atoms with Crippen molar-refractivity contribution in [3.8, 4) is 0 Å². The van der Waals surface area contributed by atoms with Gasteiger partial charge in [0.2, 0.25) is 0 Å². The van der Waals surface area contributed by atoms with Crippen molar-refractivity contribution < 1.29 is 0 Å². The summed E-state index contributed by atoms with van der Waals surface area (Å²) in [5.41, 5.74) is 2.60. The average Bonchev–Trinajstić information content (AvgIpc) is 2.92. The zero-order chi connectivity index (χ0) is 13.1. The highest BCUT2D eigenvalue weighted by Crippen LogP contribution is 2.28. The minimum atomic E-state index is 0.505. The molecule has 0 saturated heterocycles. The number of thioether (sulfide) groups is 1. The standard InChI is InChI=1S/C14H25N3S/c1-10(2)14-11(9-17(3)16-14)8-15-12-5-6-13(7-12)18-4/h9-10,12-13,15H,5-8H2,1-4H3. The van der Waals surface area contributed by atoms with E-state index < -0.39 is 0 Å². The van der Waals surface area contributed by atoms with Crippen LogP contribution in [0, 0.1) is 0 Å². The predicted molar refractivity (Wildman–Crippen MR) is 79.1 cm³/mol. The van der Waals surface area contributed by atoms with E-state index in [1.807, 2.05) is 23.5 Å². The highest BCUT2D eigenvalue weighted by molar-refractivity contribution is 7.99. The van der Waals surface area contributed by atoms with Crippen LogP contribution in [0.5, 0.6) is 0 Å². The quantitative estimate of drug-likeness (QED) is 0.889. The van der Waals surface area contributed by atoms with Gasteiger partial charge in [-0.2, -0.15) is 16.9 Å². The number of nitrogens with zero attached hydrogens (tertiary/aromatic N) is 2. The zero-order valence-corrected chi connectivity index (χ0v) is 12.8. The Labute approximate surface area is 115 Å². The lowest BCUT2D eigenvalue weighted by Crippen LogP contribution is -2.26. The van der Waals surface area contributed by atoms with Crippen LogP contribution < -0.4 is 5.32 Å². The lowest BCUT2D eigenvalue weighted by molar-refractivity contribution is 0.522. The summed E-state index contributed by atoms with van der Waals surface area (Å²) in [6, 6.07) is 0.697. The molecule has 1 heterocycles. The summed E-state index contributed by atoms with van der Waals surface area (Å²) in [6.45, 7) is 5.39. The SMILES string of the molecule is CSC1CCC(NCc2cn(C)nc2C(C)C)C1. The molecule has 1 aromatic rings. The fourth-order valence-electron chi connectivity index (χ4n) is 2.77. The number of rotatable bonds is 5. The van der Waals surface area contributed by atoms with Crippen molar-refractivity contribution in [2.24, 2.45) is 7.05 Å². The van der Waals surface area contributed by atoms with Crippen molar-refractivity contribution in [2.45, 2.75) is 56.9 Å². The molecule has 0 aliphatic heterocycles. The summed E-state index contributed by atoms with van der Waals surface area (Å²) in [6.07, 6.45) is 8.39. The Hall–Kier alpha value is -0.480. The second-order valence-corrected chi connectivity index (χ2v) is 6.75. The van der Waals surface area contributed by atoms with E-state index in [1.165, 1.54) is 30.5 Å². The maximum Gasteiger partial charge on any atom is 0.0694 e. The second-order valence-electron chi connectivity index (χ2n) is 5.62. The molecule has 2 atom stereocenters. The van der Waals surface area contributed by atoms with Crippen molar-refractivity contribution >= 4 is 11.8 Å². The summed E-state index contributed by atoms with van der Waals surface area (Å²) in [7, 11) is 2.01. The van der Waals surface area contributed by atoms with Crippen LogP contribution in [0.3, 0.4) is 0 Å². The van der Waals surface area contributed by atoms with Crippen LogP contribution in [0.4, 0.5) is 0 Å². The van der Waals surface area contributed by atoms with Gasteiger partial charge in [0.1, 0.15) is 0 Å². The van der Waals surface area contributed by atoms with Crippen molar-refractivity contribution in [3.05, 3.63) is 17.5 Å². The molecule has 1 N–H and O–H groups in total. The first-order valence-electron chi connectivity index (χ1n) is 6.88. The molecule has 2 unspecified atom stereocenters. The summed E-state index contributed by atoms with van der Waals surface area (Å²) < 4.78 is 1.94. The Morgan fingerprint density at radius 3 is 2.89 bits per heavy atom. The molecule has 1 fully saturated rings. The monoisotopic (exact) mass is 267 g/mol. The minimum Gasteiger partial charge on any atom is -0.310 e. The molecule has 3 nitrogen and oxygen atoms in total. The first-order chi connectivity index (χ1) is 8.60. The van der Waals surface area contributed by atoms with Crippen molar-refractivity contribution in [1.82, 2.24) is 15.1 Å². The summed E-state index contributed by atoms with van der Waals surface area (Å²) in [5, 5.41) is 9.13. The van der Waals surface area contributed by atoms with Crippen LogP contribution in [0.25, 0.3) is 0 Å². The molecule has 0 radical (unpaired) electrons. The molecule has 1 aromatic heterocycles. The molecule has 0 bridgehead atoms. The van der Waals surface area contributed by atoms with Crippen LogP contribution in [-0.4, -0.2) is 27.3 Å². The Balaban J connectivity index is 1.90. The molecule has 0 spiro atoms. The van der Waals surface area contributed by atoms with Gasteiger partial charge in [-0.15, -0.1) is 0 Å². The number of nitrogens with one attached hydrogen (secondary N) is 1. The van der Waals surface area contributed by atoms with E-state index in [9.17, 15) is 0 Å². The molecular formula is C14H25N3S. The molecule has 1 aliphatic carbocycles. The van der Waals surface area contributed by atoms with Crippen LogP contribution in [-0.2, 0) is 13.6 Å². The highest BCUT2D eigenvalue weighted by atomic mass is 32.2. The Bertz CT molecular complexity index is 386. The van der Waals surface area contributed by atoms with E-state index in [0.717, 1.165) is 11.8 Å². The van der Waals surface area contributed by atoms with Crippen molar-refractivity contribution in [3.63, 3.8) is 0 Å².